The van der Waals surface area contributed by atoms with Crippen molar-refractivity contribution in [3.8, 4) is 5.75 Å². The van der Waals surface area contributed by atoms with E-state index in [2.05, 4.69) is 35.0 Å². The summed E-state index contributed by atoms with van der Waals surface area (Å²) in [5.41, 5.74) is 1.22. The van der Waals surface area contributed by atoms with Crippen LogP contribution in [-0.2, 0) is 4.74 Å². The summed E-state index contributed by atoms with van der Waals surface area (Å²) in [6, 6.07) is 8.21. The summed E-state index contributed by atoms with van der Waals surface area (Å²) < 4.78 is 11.6. The molecule has 0 radical (unpaired) electrons. The smallest absolute Gasteiger partial charge is 0.118 e. The topological polar surface area (TPSA) is 18.5 Å². The molecule has 1 saturated carbocycles. The highest BCUT2D eigenvalue weighted by Gasteiger charge is 2.24. The fourth-order valence-electron chi connectivity index (χ4n) is 2.99. The third kappa shape index (κ3) is 4.23. The van der Waals surface area contributed by atoms with Gasteiger partial charge in [0.05, 0.1) is 19.3 Å². The van der Waals surface area contributed by atoms with Gasteiger partial charge in [-0.05, 0) is 36.5 Å². The van der Waals surface area contributed by atoms with Crippen molar-refractivity contribution in [2.45, 2.75) is 51.2 Å². The summed E-state index contributed by atoms with van der Waals surface area (Å²) >= 11 is 3.59. The third-order valence-corrected chi connectivity index (χ3v) is 4.88. The molecule has 1 aromatic rings. The fourth-order valence-corrected chi connectivity index (χ4v) is 3.52. The number of hydrogen-bond acceptors (Lipinski definition) is 2. The summed E-state index contributed by atoms with van der Waals surface area (Å²) in [5.74, 6) is 1.74. The van der Waals surface area contributed by atoms with Crippen LogP contribution in [0.15, 0.2) is 24.3 Å². The van der Waals surface area contributed by atoms with Crippen LogP contribution in [0.3, 0.4) is 0 Å². The van der Waals surface area contributed by atoms with E-state index in [1.165, 1.54) is 37.7 Å². The lowest BCUT2D eigenvalue weighted by Gasteiger charge is -2.31. The van der Waals surface area contributed by atoms with Crippen molar-refractivity contribution in [2.24, 2.45) is 5.92 Å². The maximum atomic E-state index is 6.34. The molecule has 3 unspecified atom stereocenters. The molecular formula is C17H25BrO2. The second-order valence-electron chi connectivity index (χ2n) is 5.62. The van der Waals surface area contributed by atoms with Crippen molar-refractivity contribution in [3.05, 3.63) is 29.8 Å². The number of halogens is 1. The molecule has 112 valence electrons. The van der Waals surface area contributed by atoms with Gasteiger partial charge in [-0.1, -0.05) is 54.2 Å². The van der Waals surface area contributed by atoms with Crippen molar-refractivity contribution in [1.82, 2.24) is 0 Å². The van der Waals surface area contributed by atoms with Gasteiger partial charge in [-0.3, -0.25) is 0 Å². The van der Waals surface area contributed by atoms with Crippen LogP contribution in [0.4, 0.5) is 0 Å². The lowest BCUT2D eigenvalue weighted by atomic mass is 9.85. The lowest BCUT2D eigenvalue weighted by Crippen LogP contribution is -2.25. The van der Waals surface area contributed by atoms with Gasteiger partial charge in [-0.25, -0.2) is 0 Å². The quantitative estimate of drug-likeness (QED) is 0.669. The van der Waals surface area contributed by atoms with Crippen LogP contribution >= 0.6 is 15.9 Å². The van der Waals surface area contributed by atoms with Crippen molar-refractivity contribution in [3.63, 3.8) is 0 Å². The lowest BCUT2D eigenvalue weighted by molar-refractivity contribution is -0.0312. The maximum absolute atomic E-state index is 6.34. The average Bonchev–Trinajstić information content (AvgIpc) is 2.53. The highest BCUT2D eigenvalue weighted by molar-refractivity contribution is 9.09. The normalized spacial score (nSPS) is 24.4. The van der Waals surface area contributed by atoms with Crippen LogP contribution in [0, 0.1) is 5.92 Å². The van der Waals surface area contributed by atoms with E-state index in [1.807, 2.05) is 12.1 Å². The Kier molecular flexibility index (Phi) is 6.37. The molecule has 0 amide bonds. The molecule has 1 aliphatic carbocycles. The van der Waals surface area contributed by atoms with Crippen LogP contribution in [0.2, 0.25) is 0 Å². The van der Waals surface area contributed by atoms with Crippen molar-refractivity contribution in [2.75, 3.05) is 12.4 Å². The first-order valence-corrected chi connectivity index (χ1v) is 8.74. The largest absolute Gasteiger partial charge is 0.497 e. The summed E-state index contributed by atoms with van der Waals surface area (Å²) in [5, 5.41) is 0.840. The van der Waals surface area contributed by atoms with Crippen LogP contribution in [0.25, 0.3) is 0 Å². The summed E-state index contributed by atoms with van der Waals surface area (Å²) in [4.78, 5) is 0. The van der Waals surface area contributed by atoms with Gasteiger partial charge in [0.1, 0.15) is 5.75 Å². The van der Waals surface area contributed by atoms with Crippen molar-refractivity contribution >= 4 is 15.9 Å². The molecule has 0 bridgehead atoms. The van der Waals surface area contributed by atoms with E-state index in [9.17, 15) is 0 Å². The molecule has 20 heavy (non-hydrogen) atoms. The third-order valence-electron chi connectivity index (χ3n) is 4.30. The first-order valence-electron chi connectivity index (χ1n) is 7.62. The molecule has 1 aromatic carbocycles. The number of methoxy groups -OCH3 is 1. The van der Waals surface area contributed by atoms with Gasteiger partial charge in [-0.15, -0.1) is 0 Å². The van der Waals surface area contributed by atoms with E-state index in [0.717, 1.165) is 17.0 Å². The predicted molar refractivity (Wildman–Crippen MR) is 86.7 cm³/mol. The van der Waals surface area contributed by atoms with Crippen molar-refractivity contribution < 1.29 is 9.47 Å². The maximum Gasteiger partial charge on any atom is 0.118 e. The predicted octanol–water partition coefficient (Wildman–Crippen LogP) is 5.12. The van der Waals surface area contributed by atoms with Gasteiger partial charge in [0.2, 0.25) is 0 Å². The molecule has 0 aliphatic heterocycles. The molecule has 0 saturated heterocycles. The van der Waals surface area contributed by atoms with E-state index in [-0.39, 0.29) is 6.10 Å². The highest BCUT2D eigenvalue weighted by atomic mass is 79.9. The van der Waals surface area contributed by atoms with Gasteiger partial charge >= 0.3 is 0 Å². The van der Waals surface area contributed by atoms with Gasteiger partial charge in [0.25, 0.3) is 0 Å². The molecule has 0 N–H and O–H groups in total. The first kappa shape index (κ1) is 15.8. The van der Waals surface area contributed by atoms with E-state index in [4.69, 9.17) is 9.47 Å². The highest BCUT2D eigenvalue weighted by Crippen LogP contribution is 2.32. The molecule has 2 rings (SSSR count). The Balaban J connectivity index is 1.97. The first-order chi connectivity index (χ1) is 9.76. The summed E-state index contributed by atoms with van der Waals surface area (Å²) in [6.07, 6.45) is 6.94. The molecule has 1 aliphatic rings. The van der Waals surface area contributed by atoms with Crippen LogP contribution < -0.4 is 4.74 Å². The Morgan fingerprint density at radius 2 is 2.00 bits per heavy atom. The second-order valence-corrected chi connectivity index (χ2v) is 6.26. The van der Waals surface area contributed by atoms with Crippen LogP contribution in [0.5, 0.6) is 5.75 Å². The van der Waals surface area contributed by atoms with Gasteiger partial charge in [0.15, 0.2) is 0 Å². The average molecular weight is 341 g/mol. The minimum Gasteiger partial charge on any atom is -0.497 e. The minimum atomic E-state index is 0.140. The van der Waals surface area contributed by atoms with Crippen LogP contribution in [-0.4, -0.2) is 18.5 Å². The van der Waals surface area contributed by atoms with E-state index in [0.29, 0.717) is 6.10 Å². The molecule has 2 nitrogen and oxygen atoms in total. The molecule has 0 heterocycles. The Morgan fingerprint density at radius 1 is 1.25 bits per heavy atom. The zero-order chi connectivity index (χ0) is 14.4. The summed E-state index contributed by atoms with van der Waals surface area (Å²) in [7, 11) is 1.69. The Bertz CT molecular complexity index is 390. The molecule has 0 spiro atoms. The minimum absolute atomic E-state index is 0.140. The van der Waals surface area contributed by atoms with Gasteiger partial charge < -0.3 is 9.47 Å². The number of alkyl halides is 1. The molecule has 3 heteroatoms. The van der Waals surface area contributed by atoms with Gasteiger partial charge in [0, 0.05) is 5.33 Å². The second kappa shape index (κ2) is 8.04. The van der Waals surface area contributed by atoms with Gasteiger partial charge in [-0.2, -0.15) is 0 Å². The van der Waals surface area contributed by atoms with E-state index >= 15 is 0 Å². The number of ether oxygens (including phenoxy) is 2. The van der Waals surface area contributed by atoms with Crippen molar-refractivity contribution in [1.29, 1.82) is 0 Å². The zero-order valence-electron chi connectivity index (χ0n) is 12.5. The molecule has 0 aromatic heterocycles. The molecule has 3 atom stereocenters. The van der Waals surface area contributed by atoms with E-state index < -0.39 is 0 Å². The fraction of sp³-hybridized carbons (Fsp3) is 0.647. The Hall–Kier alpha value is -0.540. The van der Waals surface area contributed by atoms with Crippen LogP contribution in [0.1, 0.15) is 50.7 Å². The standard InChI is InChI=1S/C17H25BrO2/c1-3-13-5-4-6-16(11-13)20-17(12-18)14-7-9-15(19-2)10-8-14/h7-10,13,16-17H,3-6,11-12H2,1-2H3. The number of benzene rings is 1. The zero-order valence-corrected chi connectivity index (χ0v) is 14.1. The summed E-state index contributed by atoms with van der Waals surface area (Å²) in [6.45, 7) is 2.29. The monoisotopic (exact) mass is 340 g/mol. The molecular weight excluding hydrogens is 316 g/mol. The number of rotatable bonds is 6. The van der Waals surface area contributed by atoms with E-state index in [1.54, 1.807) is 7.11 Å². The number of hydrogen-bond donors (Lipinski definition) is 0. The SMILES string of the molecule is CCC1CCCC(OC(CBr)c2ccc(OC)cc2)C1. The molecule has 1 fully saturated rings. The Morgan fingerprint density at radius 3 is 2.60 bits per heavy atom. The Labute approximate surface area is 131 Å².